The van der Waals surface area contributed by atoms with Gasteiger partial charge in [0.2, 0.25) is 5.91 Å². The summed E-state index contributed by atoms with van der Waals surface area (Å²) in [6.07, 6.45) is 0.932. The lowest BCUT2D eigenvalue weighted by molar-refractivity contribution is -0.116. The summed E-state index contributed by atoms with van der Waals surface area (Å²) < 4.78 is 0.991. The highest BCUT2D eigenvalue weighted by Crippen LogP contribution is 2.34. The smallest absolute Gasteiger partial charge is 0.223 e. The Hall–Kier alpha value is -0.480. The van der Waals surface area contributed by atoms with Crippen molar-refractivity contribution in [2.45, 2.75) is 18.2 Å². The Kier molecular flexibility index (Phi) is 2.58. The molecule has 1 aliphatic rings. The topological polar surface area (TPSA) is 20.3 Å². The summed E-state index contributed by atoms with van der Waals surface area (Å²) in [6.45, 7) is 2.38. The summed E-state index contributed by atoms with van der Waals surface area (Å²) >= 11 is 7.75. The van der Waals surface area contributed by atoms with Crippen LogP contribution in [0, 0.1) is 0 Å². The molecule has 2 rings (SSSR count). The van der Waals surface area contributed by atoms with Crippen LogP contribution in [-0.2, 0) is 11.2 Å². The van der Waals surface area contributed by atoms with E-state index in [9.17, 15) is 4.79 Å². The van der Waals surface area contributed by atoms with E-state index in [0.29, 0.717) is 0 Å². The van der Waals surface area contributed by atoms with Crippen LogP contribution in [-0.4, -0.2) is 12.5 Å². The van der Waals surface area contributed by atoms with Crippen molar-refractivity contribution in [2.75, 3.05) is 11.4 Å². The minimum absolute atomic E-state index is 0.0961. The van der Waals surface area contributed by atoms with Crippen molar-refractivity contribution in [2.24, 2.45) is 0 Å². The molecule has 0 fully saturated rings. The minimum Gasteiger partial charge on any atom is -0.312 e. The molecule has 1 aromatic carbocycles. The van der Waals surface area contributed by atoms with Crippen LogP contribution >= 0.6 is 28.6 Å². The maximum atomic E-state index is 11.3. The lowest BCUT2D eigenvalue weighted by Gasteiger charge is -2.15. The van der Waals surface area contributed by atoms with E-state index >= 15 is 0 Å². The Labute approximate surface area is 96.8 Å². The van der Waals surface area contributed by atoms with Crippen molar-refractivity contribution in [3.63, 3.8) is 0 Å². The molecular formula is C10H10BrNOS. The zero-order valence-electron chi connectivity index (χ0n) is 7.75. The predicted molar refractivity (Wildman–Crippen MR) is 63.1 cm³/mol. The van der Waals surface area contributed by atoms with Crippen LogP contribution in [0.3, 0.4) is 0 Å². The molecule has 0 bridgehead atoms. The van der Waals surface area contributed by atoms with Crippen LogP contribution in [0.2, 0.25) is 0 Å². The summed E-state index contributed by atoms with van der Waals surface area (Å²) in [4.78, 5) is 14.0. The second-order valence-corrected chi connectivity index (χ2v) is 4.69. The number of carbonyl (C=O) groups excluding carboxylic acids is 1. The summed E-state index contributed by atoms with van der Waals surface area (Å²) in [7, 11) is 0. The van der Waals surface area contributed by atoms with Crippen LogP contribution in [0.5, 0.6) is 0 Å². The molecule has 1 amide bonds. The molecule has 0 aromatic heterocycles. The molecule has 2 nitrogen and oxygen atoms in total. The summed E-state index contributed by atoms with van der Waals surface area (Å²) in [5.74, 6) is 0.0961. The fourth-order valence-electron chi connectivity index (χ4n) is 1.72. The third-order valence-corrected chi connectivity index (χ3v) is 3.76. The lowest BCUT2D eigenvalue weighted by atomic mass is 10.2. The van der Waals surface area contributed by atoms with Crippen LogP contribution in [0.25, 0.3) is 0 Å². The number of benzene rings is 1. The summed E-state index contributed by atoms with van der Waals surface area (Å²) in [5.41, 5.74) is 2.22. The Bertz CT molecular complexity index is 405. The molecule has 74 valence electrons. The monoisotopic (exact) mass is 271 g/mol. The first-order valence-corrected chi connectivity index (χ1v) is 5.63. The standard InChI is InChI=1S/C10H10BrNOS/c1-6(13)12-3-2-7-4-8(11)10(14)5-9(7)12/h4-5,14H,2-3H2,1H3. The SMILES string of the molecule is CC(=O)N1CCc2cc(Br)c(S)cc21. The van der Waals surface area contributed by atoms with E-state index in [1.165, 1.54) is 5.56 Å². The van der Waals surface area contributed by atoms with Gasteiger partial charge < -0.3 is 4.90 Å². The molecule has 0 atom stereocenters. The van der Waals surface area contributed by atoms with E-state index in [-0.39, 0.29) is 5.91 Å². The quantitative estimate of drug-likeness (QED) is 0.720. The van der Waals surface area contributed by atoms with Gasteiger partial charge in [0.1, 0.15) is 0 Å². The first-order chi connectivity index (χ1) is 6.59. The normalized spacial score (nSPS) is 14.4. The van der Waals surface area contributed by atoms with Crippen molar-refractivity contribution in [1.82, 2.24) is 0 Å². The van der Waals surface area contributed by atoms with Gasteiger partial charge in [-0.2, -0.15) is 0 Å². The Morgan fingerprint density at radius 3 is 2.93 bits per heavy atom. The molecule has 0 saturated carbocycles. The Balaban J connectivity index is 2.50. The van der Waals surface area contributed by atoms with Gasteiger partial charge in [0.15, 0.2) is 0 Å². The highest BCUT2D eigenvalue weighted by atomic mass is 79.9. The molecule has 0 N–H and O–H groups in total. The van der Waals surface area contributed by atoms with Crippen molar-refractivity contribution >= 4 is 40.2 Å². The molecule has 14 heavy (non-hydrogen) atoms. The van der Waals surface area contributed by atoms with E-state index < -0.39 is 0 Å². The van der Waals surface area contributed by atoms with Crippen molar-refractivity contribution in [1.29, 1.82) is 0 Å². The molecule has 1 aliphatic heterocycles. The second-order valence-electron chi connectivity index (χ2n) is 3.35. The number of rotatable bonds is 0. The fraction of sp³-hybridized carbons (Fsp3) is 0.300. The molecule has 0 saturated heterocycles. The number of amides is 1. The fourth-order valence-corrected chi connectivity index (χ4v) is 2.30. The molecule has 0 radical (unpaired) electrons. The van der Waals surface area contributed by atoms with E-state index in [1.807, 2.05) is 12.1 Å². The van der Waals surface area contributed by atoms with E-state index in [1.54, 1.807) is 11.8 Å². The molecule has 1 heterocycles. The van der Waals surface area contributed by atoms with Gasteiger partial charge in [0, 0.05) is 28.5 Å². The largest absolute Gasteiger partial charge is 0.312 e. The summed E-state index contributed by atoms with van der Waals surface area (Å²) in [5, 5.41) is 0. The van der Waals surface area contributed by atoms with E-state index in [0.717, 1.165) is 28.0 Å². The highest BCUT2D eigenvalue weighted by Gasteiger charge is 2.22. The number of hydrogen-bond donors (Lipinski definition) is 1. The van der Waals surface area contributed by atoms with Crippen molar-refractivity contribution < 1.29 is 4.79 Å². The van der Waals surface area contributed by atoms with Gasteiger partial charge in [-0.25, -0.2) is 0 Å². The van der Waals surface area contributed by atoms with Crippen LogP contribution in [0.15, 0.2) is 21.5 Å². The molecule has 0 aliphatic carbocycles. The third-order valence-electron chi connectivity index (χ3n) is 2.42. The number of thiol groups is 1. The molecule has 1 aromatic rings. The molecule has 0 unspecified atom stereocenters. The predicted octanol–water partition coefficient (Wildman–Crippen LogP) is 2.65. The van der Waals surface area contributed by atoms with Crippen molar-refractivity contribution in [3.05, 3.63) is 22.2 Å². The van der Waals surface area contributed by atoms with Gasteiger partial charge in [0.05, 0.1) is 0 Å². The molecule has 4 heteroatoms. The van der Waals surface area contributed by atoms with E-state index in [2.05, 4.69) is 28.6 Å². The minimum atomic E-state index is 0.0961. The highest BCUT2D eigenvalue weighted by molar-refractivity contribution is 9.10. The van der Waals surface area contributed by atoms with Gasteiger partial charge >= 0.3 is 0 Å². The van der Waals surface area contributed by atoms with Gasteiger partial charge in [-0.05, 0) is 40.0 Å². The molecular weight excluding hydrogens is 262 g/mol. The maximum Gasteiger partial charge on any atom is 0.223 e. The number of fused-ring (bicyclic) bond motifs is 1. The number of anilines is 1. The third kappa shape index (κ3) is 1.57. The Morgan fingerprint density at radius 1 is 1.57 bits per heavy atom. The van der Waals surface area contributed by atoms with Crippen LogP contribution < -0.4 is 4.90 Å². The number of carbonyl (C=O) groups is 1. The zero-order chi connectivity index (χ0) is 10.3. The average molecular weight is 272 g/mol. The van der Waals surface area contributed by atoms with Crippen molar-refractivity contribution in [3.8, 4) is 0 Å². The van der Waals surface area contributed by atoms with Gasteiger partial charge in [-0.1, -0.05) is 0 Å². The summed E-state index contributed by atoms with van der Waals surface area (Å²) in [6, 6.07) is 3.98. The van der Waals surface area contributed by atoms with Crippen LogP contribution in [0.4, 0.5) is 5.69 Å². The molecule has 0 spiro atoms. The average Bonchev–Trinajstić information content (AvgIpc) is 2.48. The Morgan fingerprint density at radius 2 is 2.29 bits per heavy atom. The lowest BCUT2D eigenvalue weighted by Crippen LogP contribution is -2.25. The zero-order valence-corrected chi connectivity index (χ0v) is 10.2. The number of halogens is 1. The van der Waals surface area contributed by atoms with Crippen LogP contribution in [0.1, 0.15) is 12.5 Å². The first-order valence-electron chi connectivity index (χ1n) is 4.39. The number of nitrogens with zero attached hydrogens (tertiary/aromatic N) is 1. The van der Waals surface area contributed by atoms with Gasteiger partial charge in [-0.3, -0.25) is 4.79 Å². The van der Waals surface area contributed by atoms with Gasteiger partial charge in [-0.15, -0.1) is 12.6 Å². The number of hydrogen-bond acceptors (Lipinski definition) is 2. The van der Waals surface area contributed by atoms with Gasteiger partial charge in [0.25, 0.3) is 0 Å². The first kappa shape index (κ1) is 10.1. The van der Waals surface area contributed by atoms with E-state index in [4.69, 9.17) is 0 Å². The second kappa shape index (κ2) is 3.59. The maximum absolute atomic E-state index is 11.3.